The average molecular weight is 328 g/mol. The quantitative estimate of drug-likeness (QED) is 0.867. The second kappa shape index (κ2) is 7.34. The molecular weight excluding hydrogens is 302 g/mol. The van der Waals surface area contributed by atoms with Gasteiger partial charge in [0.2, 0.25) is 0 Å². The van der Waals surface area contributed by atoms with Gasteiger partial charge in [0.25, 0.3) is 0 Å². The summed E-state index contributed by atoms with van der Waals surface area (Å²) >= 11 is 0. The predicted molar refractivity (Wildman–Crippen MR) is 90.0 cm³/mol. The molecule has 0 amide bonds. The van der Waals surface area contributed by atoms with E-state index in [1.165, 1.54) is 12.7 Å². The zero-order valence-electron chi connectivity index (χ0n) is 13.9. The van der Waals surface area contributed by atoms with E-state index in [1.807, 2.05) is 6.07 Å². The molecule has 2 rings (SSSR count). The van der Waals surface area contributed by atoms with Gasteiger partial charge in [0.1, 0.15) is 17.9 Å². The van der Waals surface area contributed by atoms with Crippen LogP contribution < -0.4 is 10.1 Å². The van der Waals surface area contributed by atoms with Crippen molar-refractivity contribution in [2.24, 2.45) is 0 Å². The molecule has 124 valence electrons. The molecule has 1 aliphatic rings. The number of rotatable bonds is 3. The van der Waals surface area contributed by atoms with Crippen LogP contribution in [0.5, 0.6) is 5.75 Å². The molecule has 0 radical (unpaired) electrons. The van der Waals surface area contributed by atoms with Crippen molar-refractivity contribution in [2.75, 3.05) is 13.7 Å². The van der Waals surface area contributed by atoms with Crippen molar-refractivity contribution in [1.82, 2.24) is 5.32 Å². The number of benzene rings is 1. The second-order valence-electron chi connectivity index (χ2n) is 6.69. The van der Waals surface area contributed by atoms with Crippen LogP contribution in [0.1, 0.15) is 38.3 Å². The van der Waals surface area contributed by atoms with Crippen molar-refractivity contribution in [2.45, 2.75) is 51.7 Å². The molecule has 0 saturated carbocycles. The molecule has 5 heteroatoms. The molecule has 1 aromatic carbocycles. The van der Waals surface area contributed by atoms with Crippen LogP contribution in [0.25, 0.3) is 0 Å². The number of carbonyl (C=O) groups excluding carboxylic acids is 1. The number of ether oxygens (including phenoxy) is 2. The van der Waals surface area contributed by atoms with E-state index in [9.17, 15) is 4.79 Å². The summed E-state index contributed by atoms with van der Waals surface area (Å²) in [6.07, 6.45) is 0.654. The van der Waals surface area contributed by atoms with E-state index in [0.29, 0.717) is 13.0 Å². The molecule has 22 heavy (non-hydrogen) atoms. The molecular formula is C17H26ClNO3. The smallest absolute Gasteiger partial charge is 0.323 e. The van der Waals surface area contributed by atoms with Gasteiger partial charge in [0.15, 0.2) is 0 Å². The molecule has 1 aromatic rings. The minimum atomic E-state index is -0.255. The van der Waals surface area contributed by atoms with Gasteiger partial charge in [-0.15, -0.1) is 12.4 Å². The number of hydrogen-bond acceptors (Lipinski definition) is 4. The molecule has 1 aliphatic heterocycles. The summed E-state index contributed by atoms with van der Waals surface area (Å²) < 4.78 is 10.8. The Labute approximate surface area is 139 Å². The van der Waals surface area contributed by atoms with Gasteiger partial charge in [0, 0.05) is 13.0 Å². The first kappa shape index (κ1) is 18.8. The summed E-state index contributed by atoms with van der Waals surface area (Å²) in [6, 6.07) is 6.06. The monoisotopic (exact) mass is 327 g/mol. The lowest BCUT2D eigenvalue weighted by Crippen LogP contribution is -2.31. The fraction of sp³-hybridized carbons (Fsp3) is 0.588. The molecule has 0 aliphatic carbocycles. The van der Waals surface area contributed by atoms with Crippen LogP contribution in [0.15, 0.2) is 18.2 Å². The lowest BCUT2D eigenvalue weighted by Gasteiger charge is -2.21. The number of halogens is 1. The Balaban J connectivity index is 0.00000242. The van der Waals surface area contributed by atoms with Gasteiger partial charge >= 0.3 is 5.97 Å². The van der Waals surface area contributed by atoms with E-state index < -0.39 is 0 Å². The zero-order valence-corrected chi connectivity index (χ0v) is 14.8. The number of aryl methyl sites for hydroxylation is 1. The van der Waals surface area contributed by atoms with Crippen molar-refractivity contribution in [3.63, 3.8) is 0 Å². The van der Waals surface area contributed by atoms with Crippen LogP contribution in [0, 0.1) is 6.92 Å². The molecule has 1 N–H and O–H groups in total. The third-order valence-corrected chi connectivity index (χ3v) is 3.91. The first-order valence-corrected chi connectivity index (χ1v) is 7.40. The van der Waals surface area contributed by atoms with Crippen LogP contribution in [0.3, 0.4) is 0 Å². The van der Waals surface area contributed by atoms with Crippen molar-refractivity contribution in [1.29, 1.82) is 0 Å². The van der Waals surface area contributed by atoms with Gasteiger partial charge in [0.05, 0.1) is 7.11 Å². The average Bonchev–Trinajstić information content (AvgIpc) is 2.87. The third kappa shape index (κ3) is 4.37. The minimum Gasteiger partial charge on any atom is -0.489 e. The summed E-state index contributed by atoms with van der Waals surface area (Å²) in [5, 5.41) is 3.13. The summed E-state index contributed by atoms with van der Waals surface area (Å²) in [7, 11) is 1.41. The number of methoxy groups -OCH3 is 1. The molecule has 2 atom stereocenters. The van der Waals surface area contributed by atoms with E-state index in [1.54, 1.807) is 0 Å². The third-order valence-electron chi connectivity index (χ3n) is 3.91. The fourth-order valence-corrected chi connectivity index (χ4v) is 2.54. The lowest BCUT2D eigenvalue weighted by atomic mass is 9.86. The molecule has 2 unspecified atom stereocenters. The highest BCUT2D eigenvalue weighted by atomic mass is 35.5. The molecule has 0 aromatic heterocycles. The fourth-order valence-electron chi connectivity index (χ4n) is 2.54. The summed E-state index contributed by atoms with van der Waals surface area (Å²) in [6.45, 7) is 9.32. The number of hydrogen-bond donors (Lipinski definition) is 1. The van der Waals surface area contributed by atoms with Gasteiger partial charge in [-0.1, -0.05) is 32.9 Å². The van der Waals surface area contributed by atoms with E-state index in [4.69, 9.17) is 9.47 Å². The van der Waals surface area contributed by atoms with Crippen LogP contribution in [0.2, 0.25) is 0 Å². The molecule has 1 heterocycles. The normalized spacial score (nSPS) is 21.1. The van der Waals surface area contributed by atoms with Crippen LogP contribution >= 0.6 is 12.4 Å². The first-order valence-electron chi connectivity index (χ1n) is 7.40. The zero-order chi connectivity index (χ0) is 15.6. The maximum Gasteiger partial charge on any atom is 0.323 e. The Hall–Kier alpha value is -1.26. The minimum absolute atomic E-state index is 0. The van der Waals surface area contributed by atoms with Crippen molar-refractivity contribution in [3.8, 4) is 5.75 Å². The molecule has 4 nitrogen and oxygen atoms in total. The summed E-state index contributed by atoms with van der Waals surface area (Å²) in [5.74, 6) is 0.668. The van der Waals surface area contributed by atoms with E-state index in [0.717, 1.165) is 11.3 Å². The Bertz CT molecular complexity index is 525. The van der Waals surface area contributed by atoms with Crippen LogP contribution in [0.4, 0.5) is 0 Å². The highest BCUT2D eigenvalue weighted by Crippen LogP contribution is 2.28. The second-order valence-corrected chi connectivity index (χ2v) is 6.69. The Kier molecular flexibility index (Phi) is 6.27. The number of nitrogens with one attached hydrogen (secondary N) is 1. The Morgan fingerprint density at radius 3 is 2.55 bits per heavy atom. The maximum atomic E-state index is 11.5. The summed E-state index contributed by atoms with van der Waals surface area (Å²) in [5.41, 5.74) is 2.56. The first-order chi connectivity index (χ1) is 9.81. The lowest BCUT2D eigenvalue weighted by molar-refractivity contribution is -0.142. The van der Waals surface area contributed by atoms with Crippen molar-refractivity contribution in [3.05, 3.63) is 29.3 Å². The van der Waals surface area contributed by atoms with E-state index >= 15 is 0 Å². The van der Waals surface area contributed by atoms with Crippen LogP contribution in [-0.2, 0) is 14.9 Å². The van der Waals surface area contributed by atoms with Crippen LogP contribution in [-0.4, -0.2) is 31.8 Å². The van der Waals surface area contributed by atoms with Gasteiger partial charge in [-0.2, -0.15) is 0 Å². The highest BCUT2D eigenvalue weighted by molar-refractivity contribution is 5.85. The predicted octanol–water partition coefficient (Wildman–Crippen LogP) is 3.00. The highest BCUT2D eigenvalue weighted by Gasteiger charge is 2.31. The maximum absolute atomic E-state index is 11.5. The van der Waals surface area contributed by atoms with E-state index in [-0.39, 0.29) is 35.9 Å². The number of carbonyl (C=O) groups is 1. The number of esters is 1. The van der Waals surface area contributed by atoms with Crippen molar-refractivity contribution < 1.29 is 14.3 Å². The van der Waals surface area contributed by atoms with Gasteiger partial charge in [-0.3, -0.25) is 4.79 Å². The Morgan fingerprint density at radius 1 is 1.32 bits per heavy atom. The molecule has 1 saturated heterocycles. The van der Waals surface area contributed by atoms with Gasteiger partial charge in [-0.05, 0) is 29.5 Å². The molecule has 1 fully saturated rings. The molecule has 0 spiro atoms. The Morgan fingerprint density at radius 2 is 2.00 bits per heavy atom. The van der Waals surface area contributed by atoms with Crippen molar-refractivity contribution >= 4 is 18.4 Å². The summed E-state index contributed by atoms with van der Waals surface area (Å²) in [4.78, 5) is 11.5. The molecule has 0 bridgehead atoms. The SMILES string of the molecule is COC(=O)C1CC(Oc2ccc(C(C)(C)C)cc2C)CN1.Cl. The van der Waals surface area contributed by atoms with Gasteiger partial charge < -0.3 is 14.8 Å². The topological polar surface area (TPSA) is 47.6 Å². The van der Waals surface area contributed by atoms with Gasteiger partial charge in [-0.25, -0.2) is 0 Å². The largest absolute Gasteiger partial charge is 0.489 e. The van der Waals surface area contributed by atoms with E-state index in [2.05, 4.69) is 45.1 Å². The standard InChI is InChI=1S/C17H25NO3.ClH/c1-11-8-12(17(2,3)4)6-7-15(11)21-13-9-14(18-10-13)16(19)20-5;/h6-8,13-14,18H,9-10H2,1-5H3;1H.